The van der Waals surface area contributed by atoms with Crippen molar-refractivity contribution in [1.29, 1.82) is 0 Å². The topological polar surface area (TPSA) is 49.4 Å². The van der Waals surface area contributed by atoms with Crippen LogP contribution in [0.2, 0.25) is 0 Å². The van der Waals surface area contributed by atoms with Crippen LogP contribution in [0.3, 0.4) is 0 Å². The molecule has 1 aliphatic heterocycles. The van der Waals surface area contributed by atoms with Gasteiger partial charge in [0.25, 0.3) is 0 Å². The van der Waals surface area contributed by atoms with Crippen molar-refractivity contribution in [2.45, 2.75) is 38.9 Å². The molecule has 0 aromatic carbocycles. The van der Waals surface area contributed by atoms with E-state index in [0.29, 0.717) is 13.0 Å². The van der Waals surface area contributed by atoms with Crippen LogP contribution in [0.25, 0.3) is 0 Å². The number of rotatable bonds is 2. The fourth-order valence-electron chi connectivity index (χ4n) is 2.04. The summed E-state index contributed by atoms with van der Waals surface area (Å²) >= 11 is 5.02. The highest BCUT2D eigenvalue weighted by molar-refractivity contribution is 9.11. The van der Waals surface area contributed by atoms with E-state index in [2.05, 4.69) is 21.2 Å². The molecule has 0 radical (unpaired) electrons. The monoisotopic (exact) mass is 330 g/mol. The van der Waals surface area contributed by atoms with Crippen LogP contribution < -0.4 is 5.32 Å². The predicted octanol–water partition coefficient (Wildman–Crippen LogP) is 2.14. The normalized spacial score (nSPS) is 24.9. The summed E-state index contributed by atoms with van der Waals surface area (Å²) in [4.78, 5) is 26.7. The van der Waals surface area contributed by atoms with E-state index in [4.69, 9.17) is 0 Å². The third-order valence-corrected chi connectivity index (χ3v) is 4.61. The minimum atomic E-state index is -0.439. The summed E-state index contributed by atoms with van der Waals surface area (Å²) in [6.07, 6.45) is 0.364. The summed E-state index contributed by atoms with van der Waals surface area (Å²) in [5, 5.41) is 2.71. The van der Waals surface area contributed by atoms with Crippen LogP contribution in [-0.4, -0.2) is 28.8 Å². The van der Waals surface area contributed by atoms with Crippen LogP contribution in [0.4, 0.5) is 0 Å². The highest BCUT2D eigenvalue weighted by Crippen LogP contribution is 2.25. The van der Waals surface area contributed by atoms with Crippen molar-refractivity contribution in [2.75, 3.05) is 0 Å². The quantitative estimate of drug-likeness (QED) is 0.903. The number of carbonyl (C=O) groups is 2. The number of thiophene rings is 1. The highest BCUT2D eigenvalue weighted by Gasteiger charge is 2.31. The molecule has 2 unspecified atom stereocenters. The molecule has 0 saturated carbocycles. The van der Waals surface area contributed by atoms with Crippen molar-refractivity contribution in [3.8, 4) is 0 Å². The molecule has 2 rings (SSSR count). The minimum absolute atomic E-state index is 0.0159. The zero-order chi connectivity index (χ0) is 13.3. The van der Waals surface area contributed by atoms with Gasteiger partial charge < -0.3 is 10.2 Å². The molecule has 0 bridgehead atoms. The molecule has 1 saturated heterocycles. The van der Waals surface area contributed by atoms with E-state index in [1.807, 2.05) is 19.1 Å². The van der Waals surface area contributed by atoms with Gasteiger partial charge in [0.2, 0.25) is 11.8 Å². The molecular weight excluding hydrogens is 316 g/mol. The van der Waals surface area contributed by atoms with E-state index in [1.165, 1.54) is 0 Å². The fraction of sp³-hybridized carbons (Fsp3) is 0.500. The second kappa shape index (κ2) is 5.40. The zero-order valence-corrected chi connectivity index (χ0v) is 12.7. The third-order valence-electron chi connectivity index (χ3n) is 3.00. The summed E-state index contributed by atoms with van der Waals surface area (Å²) in [6.45, 7) is 4.21. The van der Waals surface area contributed by atoms with E-state index in [1.54, 1.807) is 23.2 Å². The molecule has 98 valence electrons. The first-order valence-electron chi connectivity index (χ1n) is 5.81. The first-order valence-corrected chi connectivity index (χ1v) is 7.42. The summed E-state index contributed by atoms with van der Waals surface area (Å²) in [5.41, 5.74) is 0. The number of nitrogens with zero attached hydrogens (tertiary/aromatic N) is 1. The molecule has 4 nitrogen and oxygen atoms in total. The van der Waals surface area contributed by atoms with Crippen LogP contribution in [-0.2, 0) is 16.1 Å². The molecule has 2 amide bonds. The second-order valence-corrected chi connectivity index (χ2v) is 7.06. The molecule has 0 aliphatic carbocycles. The summed E-state index contributed by atoms with van der Waals surface area (Å²) in [6, 6.07) is 3.47. The Hall–Kier alpha value is -0.880. The van der Waals surface area contributed by atoms with Crippen molar-refractivity contribution in [1.82, 2.24) is 10.2 Å². The summed E-state index contributed by atoms with van der Waals surface area (Å²) in [7, 11) is 0. The lowest BCUT2D eigenvalue weighted by Gasteiger charge is -2.27. The van der Waals surface area contributed by atoms with E-state index in [9.17, 15) is 9.59 Å². The Balaban J connectivity index is 2.18. The van der Waals surface area contributed by atoms with Crippen molar-refractivity contribution in [2.24, 2.45) is 0 Å². The Labute approximate surface area is 118 Å². The van der Waals surface area contributed by atoms with Gasteiger partial charge in [-0.15, -0.1) is 11.3 Å². The first-order chi connectivity index (χ1) is 8.47. The van der Waals surface area contributed by atoms with Crippen LogP contribution >= 0.6 is 27.3 Å². The minimum Gasteiger partial charge on any atom is -0.345 e. The van der Waals surface area contributed by atoms with Crippen LogP contribution in [0.1, 0.15) is 25.1 Å². The molecule has 0 spiro atoms. The average molecular weight is 331 g/mol. The molecule has 18 heavy (non-hydrogen) atoms. The fourth-order valence-corrected chi connectivity index (χ4v) is 3.53. The van der Waals surface area contributed by atoms with Gasteiger partial charge in [-0.25, -0.2) is 0 Å². The van der Waals surface area contributed by atoms with Crippen molar-refractivity contribution < 1.29 is 9.59 Å². The van der Waals surface area contributed by atoms with Crippen molar-refractivity contribution in [3.05, 3.63) is 20.8 Å². The van der Waals surface area contributed by atoms with Crippen molar-refractivity contribution in [3.63, 3.8) is 0 Å². The smallest absolute Gasteiger partial charge is 0.245 e. The van der Waals surface area contributed by atoms with E-state index < -0.39 is 6.04 Å². The predicted molar refractivity (Wildman–Crippen MR) is 74.3 cm³/mol. The van der Waals surface area contributed by atoms with Gasteiger partial charge in [-0.1, -0.05) is 0 Å². The number of carbonyl (C=O) groups excluding carboxylic acids is 2. The van der Waals surface area contributed by atoms with Gasteiger partial charge in [0, 0.05) is 17.3 Å². The molecule has 1 N–H and O–H groups in total. The Morgan fingerprint density at radius 2 is 2.17 bits per heavy atom. The molecule has 1 aliphatic rings. The highest BCUT2D eigenvalue weighted by atomic mass is 79.9. The lowest BCUT2D eigenvalue weighted by Crippen LogP contribution is -2.44. The number of amides is 2. The Bertz CT molecular complexity index is 474. The van der Waals surface area contributed by atoms with Crippen LogP contribution in [0.5, 0.6) is 0 Å². The summed E-state index contributed by atoms with van der Waals surface area (Å²) in [5.74, 6) is -0.0731. The molecule has 1 aromatic rings. The maximum atomic E-state index is 12.2. The zero-order valence-electron chi connectivity index (χ0n) is 10.3. The average Bonchev–Trinajstić information content (AvgIpc) is 2.66. The molecular formula is C12H15BrN2O2S. The Morgan fingerprint density at radius 3 is 2.78 bits per heavy atom. The maximum Gasteiger partial charge on any atom is 0.245 e. The van der Waals surface area contributed by atoms with E-state index in [0.717, 1.165) is 8.66 Å². The van der Waals surface area contributed by atoms with Gasteiger partial charge in [0.1, 0.15) is 6.04 Å². The number of hydrogen-bond donors (Lipinski definition) is 1. The molecule has 1 fully saturated rings. The second-order valence-electron chi connectivity index (χ2n) is 4.51. The molecule has 1 aromatic heterocycles. The molecule has 2 heterocycles. The molecule has 6 heteroatoms. The number of halogens is 1. The third kappa shape index (κ3) is 2.92. The van der Waals surface area contributed by atoms with E-state index in [-0.39, 0.29) is 17.9 Å². The lowest BCUT2D eigenvalue weighted by atomic mass is 10.2. The summed E-state index contributed by atoms with van der Waals surface area (Å²) < 4.78 is 1.05. The Morgan fingerprint density at radius 1 is 1.44 bits per heavy atom. The van der Waals surface area contributed by atoms with Gasteiger partial charge in [0.15, 0.2) is 0 Å². The largest absolute Gasteiger partial charge is 0.345 e. The van der Waals surface area contributed by atoms with Gasteiger partial charge in [-0.2, -0.15) is 0 Å². The lowest BCUT2D eigenvalue weighted by molar-refractivity contribution is -0.135. The van der Waals surface area contributed by atoms with Gasteiger partial charge in [-0.3, -0.25) is 9.59 Å². The first kappa shape index (κ1) is 13.5. The van der Waals surface area contributed by atoms with Gasteiger partial charge in [-0.05, 0) is 41.9 Å². The molecule has 2 atom stereocenters. The standard InChI is InChI=1S/C12H15BrN2O2S/c1-7-5-11(16)14-8(2)12(17)15(7)6-9-3-4-10(13)18-9/h3-4,7-8H,5-6H2,1-2H3,(H,14,16). The van der Waals surface area contributed by atoms with Gasteiger partial charge >= 0.3 is 0 Å². The van der Waals surface area contributed by atoms with Crippen LogP contribution in [0, 0.1) is 0 Å². The van der Waals surface area contributed by atoms with E-state index >= 15 is 0 Å². The maximum absolute atomic E-state index is 12.2. The number of nitrogens with one attached hydrogen (secondary N) is 1. The van der Waals surface area contributed by atoms with Crippen LogP contribution in [0.15, 0.2) is 15.9 Å². The Kier molecular flexibility index (Phi) is 4.07. The number of hydrogen-bond acceptors (Lipinski definition) is 3. The van der Waals surface area contributed by atoms with Crippen molar-refractivity contribution >= 4 is 39.1 Å². The SMILES string of the molecule is CC1NC(=O)CC(C)N(Cc2ccc(Br)s2)C1=O. The van der Waals surface area contributed by atoms with Gasteiger partial charge in [0.05, 0.1) is 10.3 Å².